The molecule has 22 heavy (non-hydrogen) atoms. The monoisotopic (exact) mass is 299 g/mol. The first kappa shape index (κ1) is 15.3. The Hall–Kier alpha value is -1.65. The first-order valence-corrected chi connectivity index (χ1v) is 8.12. The molecule has 118 valence electrons. The smallest absolute Gasteiger partial charge is 0.0945 e. The van der Waals surface area contributed by atoms with Crippen molar-refractivity contribution in [3.8, 4) is 0 Å². The molecule has 2 aromatic rings. The van der Waals surface area contributed by atoms with E-state index in [4.69, 9.17) is 0 Å². The molecule has 1 aliphatic rings. The van der Waals surface area contributed by atoms with Crippen LogP contribution in [0.4, 0.5) is 0 Å². The normalized spacial score (nSPS) is 18.5. The van der Waals surface area contributed by atoms with Gasteiger partial charge in [0.05, 0.1) is 18.1 Å². The van der Waals surface area contributed by atoms with Crippen LogP contribution < -0.4 is 0 Å². The predicted octanol–water partition coefficient (Wildman–Crippen LogP) is 2.24. The van der Waals surface area contributed by atoms with Gasteiger partial charge in [-0.1, -0.05) is 30.3 Å². The van der Waals surface area contributed by atoms with Crippen LogP contribution in [-0.2, 0) is 20.0 Å². The third-order valence-electron chi connectivity index (χ3n) is 4.77. The zero-order valence-corrected chi connectivity index (χ0v) is 13.2. The van der Waals surface area contributed by atoms with E-state index in [2.05, 4.69) is 26.6 Å². The fraction of sp³-hybridized carbons (Fsp3) is 0.500. The Morgan fingerprint density at radius 3 is 2.59 bits per heavy atom. The lowest BCUT2D eigenvalue weighted by atomic mass is 9.88. The lowest BCUT2D eigenvalue weighted by Crippen LogP contribution is -2.38. The van der Waals surface area contributed by atoms with Gasteiger partial charge in [0.1, 0.15) is 0 Å². The van der Waals surface area contributed by atoms with E-state index in [0.29, 0.717) is 5.92 Å². The molecule has 0 spiro atoms. The van der Waals surface area contributed by atoms with Crippen LogP contribution in [-0.4, -0.2) is 38.8 Å². The lowest BCUT2D eigenvalue weighted by Gasteiger charge is -2.34. The van der Waals surface area contributed by atoms with E-state index in [9.17, 15) is 5.11 Å². The predicted molar refractivity (Wildman–Crippen MR) is 87.4 cm³/mol. The zero-order chi connectivity index (χ0) is 15.4. The van der Waals surface area contributed by atoms with E-state index in [1.54, 1.807) is 0 Å². The summed E-state index contributed by atoms with van der Waals surface area (Å²) in [4.78, 5) is 6.63. The summed E-state index contributed by atoms with van der Waals surface area (Å²) in [6.07, 6.45) is 6.49. The Bertz CT molecular complexity index is 573. The molecule has 3 rings (SSSR count). The second-order valence-electron chi connectivity index (χ2n) is 6.37. The number of rotatable bonds is 5. The molecular weight excluding hydrogens is 274 g/mol. The first-order chi connectivity index (χ1) is 10.7. The van der Waals surface area contributed by atoms with Crippen LogP contribution in [0.3, 0.4) is 0 Å². The highest BCUT2D eigenvalue weighted by molar-refractivity contribution is 5.15. The van der Waals surface area contributed by atoms with Crippen molar-refractivity contribution < 1.29 is 5.11 Å². The first-order valence-electron chi connectivity index (χ1n) is 8.12. The minimum atomic E-state index is -0.221. The summed E-state index contributed by atoms with van der Waals surface area (Å²) in [7, 11) is 2.04. The highest BCUT2D eigenvalue weighted by Crippen LogP contribution is 2.24. The molecule has 0 aliphatic carbocycles. The molecule has 1 N–H and O–H groups in total. The number of hydrogen-bond donors (Lipinski definition) is 1. The summed E-state index contributed by atoms with van der Waals surface area (Å²) in [5, 5.41) is 10.5. The highest BCUT2D eigenvalue weighted by atomic mass is 16.3. The van der Waals surface area contributed by atoms with E-state index < -0.39 is 0 Å². The van der Waals surface area contributed by atoms with Gasteiger partial charge in [-0.05, 0) is 43.8 Å². The topological polar surface area (TPSA) is 41.3 Å². The van der Waals surface area contributed by atoms with E-state index in [1.807, 2.05) is 37.8 Å². The third kappa shape index (κ3) is 3.76. The molecule has 1 atom stereocenters. The molecule has 1 aromatic carbocycles. The number of aliphatic hydroxyl groups excluding tert-OH is 1. The molecule has 0 amide bonds. The van der Waals surface area contributed by atoms with E-state index in [0.717, 1.165) is 38.9 Å². The maximum absolute atomic E-state index is 10.5. The van der Waals surface area contributed by atoms with E-state index in [-0.39, 0.29) is 6.10 Å². The molecule has 1 fully saturated rings. The molecule has 0 saturated carbocycles. The number of nitrogens with zero attached hydrogens (tertiary/aromatic N) is 3. The Labute approximate surface area is 132 Å². The van der Waals surface area contributed by atoms with Crippen molar-refractivity contribution in [2.24, 2.45) is 13.0 Å². The maximum Gasteiger partial charge on any atom is 0.0945 e. The summed E-state index contributed by atoms with van der Waals surface area (Å²) in [6, 6.07) is 10.3. The van der Waals surface area contributed by atoms with E-state index >= 15 is 0 Å². The number of aliphatic hydroxyl groups is 1. The van der Waals surface area contributed by atoms with Crippen molar-refractivity contribution in [2.45, 2.75) is 31.9 Å². The summed E-state index contributed by atoms with van der Waals surface area (Å²) < 4.78 is 2.08. The lowest BCUT2D eigenvalue weighted by molar-refractivity contribution is 0.0571. The van der Waals surface area contributed by atoms with Gasteiger partial charge in [-0.15, -0.1) is 0 Å². The van der Waals surface area contributed by atoms with Gasteiger partial charge in [0.15, 0.2) is 0 Å². The Kier molecular flexibility index (Phi) is 4.90. The number of hydrogen-bond acceptors (Lipinski definition) is 3. The number of aromatic nitrogens is 2. The number of likely N-dealkylation sites (tertiary alicyclic amines) is 1. The van der Waals surface area contributed by atoms with Crippen molar-refractivity contribution in [3.63, 3.8) is 0 Å². The average Bonchev–Trinajstić information content (AvgIpc) is 2.94. The van der Waals surface area contributed by atoms with Crippen LogP contribution in [0.15, 0.2) is 42.9 Å². The van der Waals surface area contributed by atoms with Crippen LogP contribution in [0, 0.1) is 5.92 Å². The van der Waals surface area contributed by atoms with Crippen LogP contribution in [0.25, 0.3) is 0 Å². The summed E-state index contributed by atoms with van der Waals surface area (Å²) in [6.45, 7) is 3.07. The van der Waals surface area contributed by atoms with Gasteiger partial charge in [0.2, 0.25) is 0 Å². The fourth-order valence-electron chi connectivity index (χ4n) is 3.28. The summed E-state index contributed by atoms with van der Waals surface area (Å²) >= 11 is 0. The SMILES string of the molecule is Cn1cncc1CN1CCC([C@H](O)Cc2ccccc2)CC1. The number of benzene rings is 1. The minimum absolute atomic E-state index is 0.221. The standard InChI is InChI=1S/C18H25N3O/c1-20-14-19-12-17(20)13-21-9-7-16(8-10-21)18(22)11-15-5-3-2-4-6-15/h2-6,12,14,16,18,22H,7-11,13H2,1H3/t18-/m1/s1. The molecule has 0 bridgehead atoms. The fourth-order valence-corrected chi connectivity index (χ4v) is 3.28. The van der Waals surface area contributed by atoms with Gasteiger partial charge >= 0.3 is 0 Å². The zero-order valence-electron chi connectivity index (χ0n) is 13.2. The molecule has 2 heterocycles. The summed E-state index contributed by atoms with van der Waals surface area (Å²) in [5.41, 5.74) is 2.48. The van der Waals surface area contributed by atoms with E-state index in [1.165, 1.54) is 11.3 Å². The van der Waals surface area contributed by atoms with Crippen LogP contribution in [0.2, 0.25) is 0 Å². The summed E-state index contributed by atoms with van der Waals surface area (Å²) in [5.74, 6) is 0.419. The Balaban J connectivity index is 1.48. The van der Waals surface area contributed by atoms with Crippen molar-refractivity contribution >= 4 is 0 Å². The van der Waals surface area contributed by atoms with Gasteiger partial charge < -0.3 is 9.67 Å². The second kappa shape index (κ2) is 7.07. The minimum Gasteiger partial charge on any atom is -0.392 e. The second-order valence-corrected chi connectivity index (χ2v) is 6.37. The van der Waals surface area contributed by atoms with Gasteiger partial charge in [-0.3, -0.25) is 4.90 Å². The quantitative estimate of drug-likeness (QED) is 0.920. The van der Waals surface area contributed by atoms with Gasteiger partial charge in [0.25, 0.3) is 0 Å². The number of piperidine rings is 1. The van der Waals surface area contributed by atoms with Crippen molar-refractivity contribution in [2.75, 3.05) is 13.1 Å². The average molecular weight is 299 g/mol. The number of imidazole rings is 1. The molecule has 1 saturated heterocycles. The Morgan fingerprint density at radius 1 is 1.23 bits per heavy atom. The molecule has 1 aromatic heterocycles. The van der Waals surface area contributed by atoms with Gasteiger partial charge in [-0.25, -0.2) is 4.98 Å². The highest BCUT2D eigenvalue weighted by Gasteiger charge is 2.25. The van der Waals surface area contributed by atoms with Crippen LogP contribution in [0.5, 0.6) is 0 Å². The third-order valence-corrected chi connectivity index (χ3v) is 4.77. The molecule has 4 nitrogen and oxygen atoms in total. The van der Waals surface area contributed by atoms with Crippen LogP contribution >= 0.6 is 0 Å². The largest absolute Gasteiger partial charge is 0.392 e. The Morgan fingerprint density at radius 2 is 1.95 bits per heavy atom. The number of aryl methyl sites for hydroxylation is 1. The molecule has 4 heteroatoms. The van der Waals surface area contributed by atoms with Gasteiger partial charge in [0, 0.05) is 19.8 Å². The van der Waals surface area contributed by atoms with Crippen molar-refractivity contribution in [1.82, 2.24) is 14.5 Å². The van der Waals surface area contributed by atoms with Crippen molar-refractivity contribution in [1.29, 1.82) is 0 Å². The molecule has 1 aliphatic heterocycles. The van der Waals surface area contributed by atoms with Crippen molar-refractivity contribution in [3.05, 3.63) is 54.1 Å². The molecule has 0 radical (unpaired) electrons. The maximum atomic E-state index is 10.5. The molecular formula is C18H25N3O. The molecule has 0 unspecified atom stereocenters. The van der Waals surface area contributed by atoms with Gasteiger partial charge in [-0.2, -0.15) is 0 Å². The van der Waals surface area contributed by atoms with Crippen LogP contribution in [0.1, 0.15) is 24.1 Å².